The lowest BCUT2D eigenvalue weighted by molar-refractivity contribution is 0.102. The summed E-state index contributed by atoms with van der Waals surface area (Å²) in [4.78, 5) is 12.9. The van der Waals surface area contributed by atoms with Crippen molar-refractivity contribution in [2.45, 2.75) is 26.7 Å². The van der Waals surface area contributed by atoms with E-state index in [-0.39, 0.29) is 5.78 Å². The molecule has 1 aliphatic carbocycles. The van der Waals surface area contributed by atoms with Crippen LogP contribution in [0.5, 0.6) is 11.5 Å². The van der Waals surface area contributed by atoms with Crippen molar-refractivity contribution in [1.29, 1.82) is 0 Å². The van der Waals surface area contributed by atoms with Crippen LogP contribution < -0.4 is 9.47 Å². The van der Waals surface area contributed by atoms with Crippen molar-refractivity contribution >= 4 is 11.9 Å². The number of benzene rings is 2. The summed E-state index contributed by atoms with van der Waals surface area (Å²) in [7, 11) is 3.25. The van der Waals surface area contributed by atoms with Crippen LogP contribution in [0.1, 0.15) is 39.0 Å². The van der Waals surface area contributed by atoms with E-state index in [4.69, 9.17) is 9.47 Å². The number of allylic oxidation sites excluding steroid dienone is 1. The van der Waals surface area contributed by atoms with Crippen LogP contribution in [0.2, 0.25) is 0 Å². The van der Waals surface area contributed by atoms with Crippen LogP contribution in [0, 0.1) is 13.8 Å². The molecule has 0 aromatic heterocycles. The molecule has 0 radical (unpaired) electrons. The van der Waals surface area contributed by atoms with E-state index in [1.165, 1.54) is 11.1 Å². The molecule has 0 heterocycles. The minimum Gasteiger partial charge on any atom is -0.497 e. The Morgan fingerprint density at radius 1 is 1.00 bits per heavy atom. The maximum absolute atomic E-state index is 12.9. The first-order valence-corrected chi connectivity index (χ1v) is 8.11. The van der Waals surface area contributed by atoms with Crippen molar-refractivity contribution in [3.63, 3.8) is 0 Å². The zero-order valence-corrected chi connectivity index (χ0v) is 14.6. The molecule has 124 valence electrons. The van der Waals surface area contributed by atoms with Crippen molar-refractivity contribution in [1.82, 2.24) is 0 Å². The molecular weight excluding hydrogens is 300 g/mol. The van der Waals surface area contributed by atoms with E-state index >= 15 is 0 Å². The lowest BCUT2D eigenvalue weighted by Crippen LogP contribution is -2.15. The normalized spacial score (nSPS) is 15.3. The zero-order chi connectivity index (χ0) is 17.3. The highest BCUT2D eigenvalue weighted by Crippen LogP contribution is 2.32. The SMILES string of the molecule is COc1ccc(C=C2CCc3c(C)cc(C)cc3C2=O)c(OC)c1. The van der Waals surface area contributed by atoms with Crippen molar-refractivity contribution in [2.24, 2.45) is 0 Å². The number of fused-ring (bicyclic) bond motifs is 1. The van der Waals surface area contributed by atoms with Crippen molar-refractivity contribution in [3.8, 4) is 11.5 Å². The molecule has 2 aromatic rings. The van der Waals surface area contributed by atoms with Crippen LogP contribution in [0.25, 0.3) is 6.08 Å². The summed E-state index contributed by atoms with van der Waals surface area (Å²) in [6.07, 6.45) is 3.60. The molecule has 0 amide bonds. The molecule has 0 N–H and O–H groups in total. The van der Waals surface area contributed by atoms with Gasteiger partial charge in [0.15, 0.2) is 5.78 Å². The van der Waals surface area contributed by atoms with Gasteiger partial charge in [0.1, 0.15) is 11.5 Å². The number of ether oxygens (including phenoxy) is 2. The van der Waals surface area contributed by atoms with E-state index in [9.17, 15) is 4.79 Å². The van der Waals surface area contributed by atoms with Crippen LogP contribution >= 0.6 is 0 Å². The predicted octanol–water partition coefficient (Wildman–Crippen LogP) is 4.53. The van der Waals surface area contributed by atoms with Crippen LogP contribution in [0.3, 0.4) is 0 Å². The summed E-state index contributed by atoms with van der Waals surface area (Å²) >= 11 is 0. The third-order valence-corrected chi connectivity index (χ3v) is 4.57. The molecule has 3 nitrogen and oxygen atoms in total. The number of methoxy groups -OCH3 is 2. The lowest BCUT2D eigenvalue weighted by atomic mass is 9.83. The van der Waals surface area contributed by atoms with Gasteiger partial charge in [0.05, 0.1) is 14.2 Å². The van der Waals surface area contributed by atoms with E-state index in [1.807, 2.05) is 37.3 Å². The van der Waals surface area contributed by atoms with E-state index in [2.05, 4.69) is 13.0 Å². The molecule has 0 saturated heterocycles. The van der Waals surface area contributed by atoms with Gasteiger partial charge >= 0.3 is 0 Å². The van der Waals surface area contributed by atoms with Gasteiger partial charge < -0.3 is 9.47 Å². The number of hydrogen-bond donors (Lipinski definition) is 0. The highest BCUT2D eigenvalue weighted by molar-refractivity contribution is 6.13. The van der Waals surface area contributed by atoms with E-state index in [1.54, 1.807) is 14.2 Å². The fraction of sp³-hybridized carbons (Fsp3) is 0.286. The first-order chi connectivity index (χ1) is 11.5. The van der Waals surface area contributed by atoms with Gasteiger partial charge in [0.2, 0.25) is 0 Å². The number of carbonyl (C=O) groups is 1. The Labute approximate surface area is 142 Å². The Hall–Kier alpha value is -2.55. The Kier molecular flexibility index (Phi) is 4.43. The third-order valence-electron chi connectivity index (χ3n) is 4.57. The molecular formula is C21H22O3. The Morgan fingerprint density at radius 2 is 1.79 bits per heavy atom. The zero-order valence-electron chi connectivity index (χ0n) is 14.6. The van der Waals surface area contributed by atoms with Gasteiger partial charge in [-0.25, -0.2) is 0 Å². The molecule has 24 heavy (non-hydrogen) atoms. The Bertz CT molecular complexity index is 831. The lowest BCUT2D eigenvalue weighted by Gasteiger charge is -2.20. The maximum atomic E-state index is 12.9. The summed E-state index contributed by atoms with van der Waals surface area (Å²) in [6.45, 7) is 4.12. The van der Waals surface area contributed by atoms with Crippen LogP contribution in [0.15, 0.2) is 35.9 Å². The Morgan fingerprint density at radius 3 is 2.50 bits per heavy atom. The van der Waals surface area contributed by atoms with Gasteiger partial charge in [0, 0.05) is 22.8 Å². The molecule has 3 rings (SSSR count). The average Bonchev–Trinajstić information content (AvgIpc) is 2.58. The smallest absolute Gasteiger partial charge is 0.189 e. The number of ketones is 1. The van der Waals surface area contributed by atoms with Gasteiger partial charge in [-0.3, -0.25) is 4.79 Å². The number of aryl methyl sites for hydroxylation is 2. The first kappa shape index (κ1) is 16.3. The number of Topliss-reactive ketones (excluding diaryl/α,β-unsaturated/α-hetero) is 1. The second-order valence-corrected chi connectivity index (χ2v) is 6.21. The highest BCUT2D eigenvalue weighted by atomic mass is 16.5. The van der Waals surface area contributed by atoms with Crippen molar-refractivity contribution in [2.75, 3.05) is 14.2 Å². The Balaban J connectivity index is 2.02. The van der Waals surface area contributed by atoms with Gasteiger partial charge in [-0.2, -0.15) is 0 Å². The molecule has 3 heteroatoms. The molecule has 1 aliphatic rings. The molecule has 0 bridgehead atoms. The fourth-order valence-corrected chi connectivity index (χ4v) is 3.34. The number of hydrogen-bond acceptors (Lipinski definition) is 3. The second-order valence-electron chi connectivity index (χ2n) is 6.21. The minimum atomic E-state index is 0.126. The molecule has 0 saturated carbocycles. The van der Waals surface area contributed by atoms with Crippen molar-refractivity contribution in [3.05, 3.63) is 63.7 Å². The maximum Gasteiger partial charge on any atom is 0.189 e. The first-order valence-electron chi connectivity index (χ1n) is 8.11. The van der Waals surface area contributed by atoms with Crippen molar-refractivity contribution < 1.29 is 14.3 Å². The number of carbonyl (C=O) groups excluding carboxylic acids is 1. The van der Waals surface area contributed by atoms with E-state index in [0.29, 0.717) is 5.75 Å². The summed E-state index contributed by atoms with van der Waals surface area (Å²) in [5.74, 6) is 1.57. The van der Waals surface area contributed by atoms with Gasteiger partial charge in [-0.15, -0.1) is 0 Å². The van der Waals surface area contributed by atoms with Crippen LogP contribution in [0.4, 0.5) is 0 Å². The summed E-state index contributed by atoms with van der Waals surface area (Å²) < 4.78 is 10.7. The van der Waals surface area contributed by atoms with Gasteiger partial charge in [0.25, 0.3) is 0 Å². The largest absolute Gasteiger partial charge is 0.497 e. The van der Waals surface area contributed by atoms with Crippen LogP contribution in [-0.2, 0) is 6.42 Å². The molecule has 0 spiro atoms. The third kappa shape index (κ3) is 2.94. The van der Waals surface area contributed by atoms with Crippen LogP contribution in [-0.4, -0.2) is 20.0 Å². The fourth-order valence-electron chi connectivity index (χ4n) is 3.34. The number of rotatable bonds is 3. The van der Waals surface area contributed by atoms with E-state index in [0.717, 1.165) is 40.9 Å². The predicted molar refractivity (Wildman–Crippen MR) is 96.1 cm³/mol. The average molecular weight is 322 g/mol. The van der Waals surface area contributed by atoms with Gasteiger partial charge in [-0.1, -0.05) is 11.6 Å². The molecule has 0 atom stereocenters. The highest BCUT2D eigenvalue weighted by Gasteiger charge is 2.23. The van der Waals surface area contributed by atoms with Gasteiger partial charge in [-0.05, 0) is 62.1 Å². The molecule has 0 aliphatic heterocycles. The summed E-state index contributed by atoms with van der Waals surface area (Å²) in [5.41, 5.74) is 6.09. The molecule has 2 aromatic carbocycles. The topological polar surface area (TPSA) is 35.5 Å². The van der Waals surface area contributed by atoms with E-state index < -0.39 is 0 Å². The molecule has 0 fully saturated rings. The quantitative estimate of drug-likeness (QED) is 0.779. The molecule has 0 unspecified atom stereocenters. The monoisotopic (exact) mass is 322 g/mol. The second kappa shape index (κ2) is 6.52. The minimum absolute atomic E-state index is 0.126. The standard InChI is InChI=1S/C21H22O3/c1-13-9-14(2)18-8-6-16(21(22)19(18)10-13)11-15-5-7-17(23-3)12-20(15)24-4/h5,7,9-12H,6,8H2,1-4H3. The summed E-state index contributed by atoms with van der Waals surface area (Å²) in [5, 5.41) is 0. The summed E-state index contributed by atoms with van der Waals surface area (Å²) in [6, 6.07) is 9.79.